The van der Waals surface area contributed by atoms with Gasteiger partial charge in [-0.1, -0.05) is 81.1 Å². The molecular weight excluding hydrogens is 626 g/mol. The molecule has 0 radical (unpaired) electrons. The van der Waals surface area contributed by atoms with Crippen LogP contribution in [0, 0.1) is 0 Å². The second kappa shape index (κ2) is 18.0. The van der Waals surface area contributed by atoms with Crippen LogP contribution in [-0.4, -0.2) is 71.7 Å². The van der Waals surface area contributed by atoms with Crippen LogP contribution >= 0.6 is 0 Å². The van der Waals surface area contributed by atoms with Crippen LogP contribution in [-0.2, 0) is 46.5 Å². The summed E-state index contributed by atoms with van der Waals surface area (Å²) in [5.41, 5.74) is 3.67. The van der Waals surface area contributed by atoms with E-state index >= 15 is 0 Å². The van der Waals surface area contributed by atoms with E-state index in [9.17, 15) is 33.6 Å². The normalized spacial score (nSPS) is 18.9. The fourth-order valence-corrected chi connectivity index (χ4v) is 6.48. The van der Waals surface area contributed by atoms with E-state index in [4.69, 9.17) is 0 Å². The van der Waals surface area contributed by atoms with Crippen LogP contribution in [0.1, 0.15) is 99.4 Å². The van der Waals surface area contributed by atoms with Gasteiger partial charge in [0.1, 0.15) is 12.1 Å². The van der Waals surface area contributed by atoms with Crippen LogP contribution in [0.2, 0.25) is 0 Å². The zero-order valence-corrected chi connectivity index (χ0v) is 28.3. The number of hydrogen-bond acceptors (Lipinski definition) is 7. The molecule has 0 fully saturated rings. The molecule has 4 N–H and O–H groups in total. The molecule has 4 rings (SSSR count). The number of ketones is 2. The monoisotopic (exact) mass is 673 g/mol. The third kappa shape index (κ3) is 10.6. The molecule has 0 spiro atoms. The molecule has 0 saturated heterocycles. The molecule has 0 aliphatic carbocycles. The standard InChI is InChI=1S/C37H47N5O7/c1-3-11-25-12-7-4-5-10-15-32(45)38-22-34(47)42-23-29-18-27(25)16-17-28(29)19-30(42)36(48)39-20-31(44)37(49)40-21-33(46)41-35(24(2)43)26-13-8-6-9-14-26/h6,8-9,13-14,16-18,25,30,35H,3-5,7,10-12,15,19-23H2,1-2H3,(H,38,45)(H,39,48)(H,40,49)(H,41,46). The first-order chi connectivity index (χ1) is 23.6. The summed E-state index contributed by atoms with van der Waals surface area (Å²) in [5, 5.41) is 9.94. The third-order valence-electron chi connectivity index (χ3n) is 9.17. The van der Waals surface area contributed by atoms with Crippen molar-refractivity contribution in [1.29, 1.82) is 0 Å². The molecule has 49 heavy (non-hydrogen) atoms. The van der Waals surface area contributed by atoms with Crippen molar-refractivity contribution in [3.05, 3.63) is 70.8 Å². The van der Waals surface area contributed by atoms with Crippen molar-refractivity contribution in [2.75, 3.05) is 19.6 Å². The predicted molar refractivity (Wildman–Crippen MR) is 182 cm³/mol. The minimum absolute atomic E-state index is 0.169. The zero-order chi connectivity index (χ0) is 35.3. The lowest BCUT2D eigenvalue weighted by Crippen LogP contribution is -2.55. The van der Waals surface area contributed by atoms with Gasteiger partial charge in [-0.15, -0.1) is 0 Å². The highest BCUT2D eigenvalue weighted by Gasteiger charge is 2.35. The van der Waals surface area contributed by atoms with Crippen molar-refractivity contribution < 1.29 is 33.6 Å². The first-order valence-electron chi connectivity index (χ1n) is 17.2. The minimum atomic E-state index is -1.08. The Morgan fingerprint density at radius 3 is 2.41 bits per heavy atom. The number of nitrogens with zero attached hydrogens (tertiary/aromatic N) is 1. The number of rotatable bonds is 11. The van der Waals surface area contributed by atoms with E-state index in [0.29, 0.717) is 17.9 Å². The van der Waals surface area contributed by atoms with E-state index in [2.05, 4.69) is 40.3 Å². The lowest BCUT2D eigenvalue weighted by molar-refractivity contribution is -0.143. The Morgan fingerprint density at radius 2 is 1.67 bits per heavy atom. The van der Waals surface area contributed by atoms with Crippen LogP contribution in [0.4, 0.5) is 0 Å². The molecule has 3 unspecified atom stereocenters. The van der Waals surface area contributed by atoms with Gasteiger partial charge in [0.2, 0.25) is 29.4 Å². The van der Waals surface area contributed by atoms with E-state index in [1.807, 2.05) is 6.07 Å². The maximum absolute atomic E-state index is 13.5. The van der Waals surface area contributed by atoms with Gasteiger partial charge in [0.05, 0.1) is 19.6 Å². The molecule has 3 bridgehead atoms. The van der Waals surface area contributed by atoms with Crippen molar-refractivity contribution in [3.8, 4) is 0 Å². The maximum atomic E-state index is 13.5. The SMILES string of the molecule is CCCC1CCCCCCC(=O)NCC(=O)N2Cc3cc1ccc3CC2C(=O)NCC(=O)C(=O)NCC(=O)NC(C(C)=O)c1ccccc1. The molecular formula is C37H47N5O7. The van der Waals surface area contributed by atoms with Gasteiger partial charge in [-0.3, -0.25) is 33.6 Å². The number of fused-ring (bicyclic) bond motifs is 2. The van der Waals surface area contributed by atoms with E-state index in [0.717, 1.165) is 56.1 Å². The third-order valence-corrected chi connectivity index (χ3v) is 9.17. The van der Waals surface area contributed by atoms with Gasteiger partial charge in [0.25, 0.3) is 5.91 Å². The molecule has 2 aromatic rings. The molecule has 2 aromatic carbocycles. The van der Waals surface area contributed by atoms with Gasteiger partial charge < -0.3 is 26.2 Å². The summed E-state index contributed by atoms with van der Waals surface area (Å²) >= 11 is 0. The van der Waals surface area contributed by atoms with Gasteiger partial charge >= 0.3 is 0 Å². The summed E-state index contributed by atoms with van der Waals surface area (Å²) in [6.45, 7) is 2.22. The van der Waals surface area contributed by atoms with E-state index in [1.165, 1.54) is 17.4 Å². The Bertz CT molecular complexity index is 1540. The van der Waals surface area contributed by atoms with Crippen LogP contribution in [0.3, 0.4) is 0 Å². The van der Waals surface area contributed by atoms with Crippen molar-refractivity contribution >= 4 is 41.1 Å². The number of hydrogen-bond donors (Lipinski definition) is 4. The second-order valence-electron chi connectivity index (χ2n) is 12.8. The van der Waals surface area contributed by atoms with E-state index in [-0.39, 0.29) is 31.2 Å². The lowest BCUT2D eigenvalue weighted by Gasteiger charge is -2.36. The van der Waals surface area contributed by atoms with Gasteiger partial charge in [-0.25, -0.2) is 0 Å². The predicted octanol–water partition coefficient (Wildman–Crippen LogP) is 2.54. The Morgan fingerprint density at radius 1 is 0.918 bits per heavy atom. The maximum Gasteiger partial charge on any atom is 0.289 e. The van der Waals surface area contributed by atoms with E-state index in [1.54, 1.807) is 30.3 Å². The van der Waals surface area contributed by atoms with Gasteiger partial charge in [-0.05, 0) is 54.4 Å². The summed E-state index contributed by atoms with van der Waals surface area (Å²) in [5.74, 6) is -3.89. The second-order valence-corrected chi connectivity index (χ2v) is 12.8. The molecule has 12 heteroatoms. The molecule has 12 nitrogen and oxygen atoms in total. The van der Waals surface area contributed by atoms with Crippen molar-refractivity contribution in [3.63, 3.8) is 0 Å². The summed E-state index contributed by atoms with van der Waals surface area (Å²) in [6, 6.07) is 13.0. The average Bonchev–Trinajstić information content (AvgIpc) is 3.10. The van der Waals surface area contributed by atoms with Gasteiger partial charge in [0.15, 0.2) is 5.78 Å². The highest BCUT2D eigenvalue weighted by Crippen LogP contribution is 2.32. The molecule has 5 amide bonds. The summed E-state index contributed by atoms with van der Waals surface area (Å²) < 4.78 is 0. The Hall–Kier alpha value is -4.87. The number of benzene rings is 2. The molecule has 0 aromatic heterocycles. The molecule has 262 valence electrons. The first-order valence-corrected chi connectivity index (χ1v) is 17.2. The minimum Gasteiger partial charge on any atom is -0.347 e. The van der Waals surface area contributed by atoms with Gasteiger partial charge in [0, 0.05) is 19.4 Å². The van der Waals surface area contributed by atoms with Crippen molar-refractivity contribution in [2.24, 2.45) is 0 Å². The molecule has 3 atom stereocenters. The highest BCUT2D eigenvalue weighted by molar-refractivity contribution is 6.37. The van der Waals surface area contributed by atoms with Crippen LogP contribution in [0.15, 0.2) is 48.5 Å². The molecule has 2 aliphatic rings. The van der Waals surface area contributed by atoms with Crippen molar-refractivity contribution in [2.45, 2.75) is 96.2 Å². The van der Waals surface area contributed by atoms with Crippen molar-refractivity contribution in [1.82, 2.24) is 26.2 Å². The summed E-state index contributed by atoms with van der Waals surface area (Å²) in [6.07, 6.45) is 7.50. The van der Waals surface area contributed by atoms with Gasteiger partial charge in [-0.2, -0.15) is 0 Å². The Balaban J connectivity index is 1.39. The largest absolute Gasteiger partial charge is 0.347 e. The molecule has 2 aliphatic heterocycles. The van der Waals surface area contributed by atoms with Crippen LogP contribution in [0.5, 0.6) is 0 Å². The number of carbonyl (C=O) groups is 7. The highest BCUT2D eigenvalue weighted by atomic mass is 16.2. The quantitative estimate of drug-likeness (QED) is 0.266. The molecule has 0 saturated carbocycles. The zero-order valence-electron chi connectivity index (χ0n) is 28.3. The average molecular weight is 674 g/mol. The fourth-order valence-electron chi connectivity index (χ4n) is 6.48. The first kappa shape index (κ1) is 37.0. The lowest BCUT2D eigenvalue weighted by atomic mass is 9.85. The summed E-state index contributed by atoms with van der Waals surface area (Å²) in [7, 11) is 0. The number of carbonyl (C=O) groups excluding carboxylic acids is 7. The van der Waals surface area contributed by atoms with Crippen LogP contribution in [0.25, 0.3) is 0 Å². The van der Waals surface area contributed by atoms with Crippen LogP contribution < -0.4 is 21.3 Å². The fraction of sp³-hybridized carbons (Fsp3) is 0.486. The smallest absolute Gasteiger partial charge is 0.289 e. The molecule has 2 heterocycles. The Kier molecular flexibility index (Phi) is 13.6. The number of amides is 5. The number of Topliss-reactive ketones (excluding diaryl/α,β-unsaturated/α-hetero) is 2. The summed E-state index contributed by atoms with van der Waals surface area (Å²) in [4.78, 5) is 90.4. The van der Waals surface area contributed by atoms with E-state index < -0.39 is 54.6 Å². The topological polar surface area (TPSA) is 171 Å². The number of nitrogens with one attached hydrogen (secondary N) is 4. The Labute approximate surface area is 287 Å².